The SMILES string of the molecule is C=C(C)C(=O)OC1CCC2CCCC(n3nc4ccccc4n3)C2C1. The summed E-state index contributed by atoms with van der Waals surface area (Å²) in [5, 5.41) is 9.45. The summed E-state index contributed by atoms with van der Waals surface area (Å²) in [6.07, 6.45) is 6.58. The molecule has 2 fully saturated rings. The van der Waals surface area contributed by atoms with Crippen molar-refractivity contribution in [3.05, 3.63) is 36.4 Å². The Hall–Kier alpha value is -2.17. The van der Waals surface area contributed by atoms with Gasteiger partial charge in [0.05, 0.1) is 6.04 Å². The number of aromatic nitrogens is 3. The van der Waals surface area contributed by atoms with Gasteiger partial charge in [-0.05, 0) is 56.6 Å². The molecule has 5 heteroatoms. The van der Waals surface area contributed by atoms with E-state index in [9.17, 15) is 4.79 Å². The zero-order valence-corrected chi connectivity index (χ0v) is 14.7. The summed E-state index contributed by atoms with van der Waals surface area (Å²) in [6.45, 7) is 5.40. The van der Waals surface area contributed by atoms with Crippen LogP contribution in [0.3, 0.4) is 0 Å². The van der Waals surface area contributed by atoms with Gasteiger partial charge in [-0.3, -0.25) is 0 Å². The van der Waals surface area contributed by atoms with Gasteiger partial charge in [0.1, 0.15) is 17.1 Å². The molecule has 4 unspecified atom stereocenters. The number of hydrogen-bond acceptors (Lipinski definition) is 4. The molecule has 0 radical (unpaired) electrons. The first-order valence-corrected chi connectivity index (χ1v) is 9.30. The minimum absolute atomic E-state index is 0.00368. The molecular weight excluding hydrogens is 314 g/mol. The number of carbonyl (C=O) groups is 1. The average molecular weight is 339 g/mol. The highest BCUT2D eigenvalue weighted by molar-refractivity contribution is 5.87. The standard InChI is InChI=1S/C20H25N3O2/c1-13(2)20(24)25-15-11-10-14-6-5-9-19(16(14)12-15)23-21-17-7-3-4-8-18(17)22-23/h3-4,7-8,14-16,19H,1,5-6,9-12H2,2H3. The van der Waals surface area contributed by atoms with Crippen LogP contribution < -0.4 is 0 Å². The maximum absolute atomic E-state index is 11.9. The van der Waals surface area contributed by atoms with E-state index in [0.717, 1.165) is 36.7 Å². The molecule has 0 spiro atoms. The lowest BCUT2D eigenvalue weighted by atomic mass is 9.67. The Labute approximate surface area is 148 Å². The molecule has 1 aromatic heterocycles. The third kappa shape index (κ3) is 3.20. The summed E-state index contributed by atoms with van der Waals surface area (Å²) in [7, 11) is 0. The van der Waals surface area contributed by atoms with Crippen molar-refractivity contribution in [1.29, 1.82) is 0 Å². The Morgan fingerprint density at radius 3 is 2.56 bits per heavy atom. The summed E-state index contributed by atoms with van der Waals surface area (Å²) in [6, 6.07) is 8.32. The number of esters is 1. The van der Waals surface area contributed by atoms with Crippen molar-refractivity contribution in [2.45, 2.75) is 57.6 Å². The lowest BCUT2D eigenvalue weighted by Crippen LogP contribution is -2.39. The molecule has 0 bridgehead atoms. The van der Waals surface area contributed by atoms with Crippen LogP contribution in [0.25, 0.3) is 11.0 Å². The summed E-state index contributed by atoms with van der Waals surface area (Å²) in [4.78, 5) is 13.8. The van der Waals surface area contributed by atoms with Gasteiger partial charge in [0.15, 0.2) is 0 Å². The fourth-order valence-electron chi connectivity index (χ4n) is 4.53. The second-order valence-electron chi connectivity index (χ2n) is 7.55. The van der Waals surface area contributed by atoms with Crippen LogP contribution in [0.4, 0.5) is 0 Å². The van der Waals surface area contributed by atoms with Crippen LogP contribution in [0.5, 0.6) is 0 Å². The van der Waals surface area contributed by atoms with Crippen LogP contribution in [-0.4, -0.2) is 27.1 Å². The molecule has 0 amide bonds. The molecule has 2 aliphatic carbocycles. The molecule has 25 heavy (non-hydrogen) atoms. The van der Waals surface area contributed by atoms with E-state index in [2.05, 4.69) is 6.58 Å². The number of benzene rings is 1. The van der Waals surface area contributed by atoms with Crippen LogP contribution >= 0.6 is 0 Å². The lowest BCUT2D eigenvalue weighted by Gasteiger charge is -2.43. The van der Waals surface area contributed by atoms with Crippen molar-refractivity contribution in [3.8, 4) is 0 Å². The van der Waals surface area contributed by atoms with Crippen molar-refractivity contribution < 1.29 is 9.53 Å². The molecule has 5 nitrogen and oxygen atoms in total. The molecule has 2 aromatic rings. The number of carbonyl (C=O) groups excluding carboxylic acids is 1. The molecule has 132 valence electrons. The first-order valence-electron chi connectivity index (χ1n) is 9.30. The fraction of sp³-hybridized carbons (Fsp3) is 0.550. The van der Waals surface area contributed by atoms with Crippen LogP contribution in [0.1, 0.15) is 51.5 Å². The Bertz CT molecular complexity index is 764. The zero-order valence-electron chi connectivity index (χ0n) is 14.7. The quantitative estimate of drug-likeness (QED) is 0.625. The molecule has 2 saturated carbocycles. The molecule has 1 heterocycles. The second-order valence-corrected chi connectivity index (χ2v) is 7.55. The van der Waals surface area contributed by atoms with Crippen molar-refractivity contribution in [3.63, 3.8) is 0 Å². The monoisotopic (exact) mass is 339 g/mol. The number of rotatable bonds is 3. The molecular formula is C20H25N3O2. The Kier molecular flexibility index (Phi) is 4.32. The van der Waals surface area contributed by atoms with Gasteiger partial charge in [0, 0.05) is 5.57 Å². The van der Waals surface area contributed by atoms with Crippen molar-refractivity contribution in [2.75, 3.05) is 0 Å². The highest BCUT2D eigenvalue weighted by Crippen LogP contribution is 2.46. The van der Waals surface area contributed by atoms with Crippen molar-refractivity contribution in [2.24, 2.45) is 11.8 Å². The normalized spacial score (nSPS) is 29.2. The number of nitrogens with zero attached hydrogens (tertiary/aromatic N) is 3. The summed E-state index contributed by atoms with van der Waals surface area (Å²) < 4.78 is 5.66. The van der Waals surface area contributed by atoms with E-state index >= 15 is 0 Å². The zero-order chi connectivity index (χ0) is 17.4. The van der Waals surface area contributed by atoms with E-state index in [4.69, 9.17) is 14.9 Å². The summed E-state index contributed by atoms with van der Waals surface area (Å²) in [5.41, 5.74) is 2.37. The van der Waals surface area contributed by atoms with Gasteiger partial charge in [-0.15, -0.1) is 0 Å². The van der Waals surface area contributed by atoms with E-state index in [1.807, 2.05) is 29.1 Å². The molecule has 1 aromatic carbocycles. The van der Waals surface area contributed by atoms with Gasteiger partial charge in [0.25, 0.3) is 0 Å². The molecule has 0 saturated heterocycles. The van der Waals surface area contributed by atoms with E-state index in [0.29, 0.717) is 23.5 Å². The third-order valence-corrected chi connectivity index (χ3v) is 5.79. The van der Waals surface area contributed by atoms with Gasteiger partial charge in [-0.1, -0.05) is 31.6 Å². The Morgan fingerprint density at radius 1 is 1.16 bits per heavy atom. The Morgan fingerprint density at radius 2 is 1.88 bits per heavy atom. The predicted molar refractivity (Wildman–Crippen MR) is 95.9 cm³/mol. The maximum Gasteiger partial charge on any atom is 0.333 e. The predicted octanol–water partition coefficient (Wildman–Crippen LogP) is 4.06. The number of hydrogen-bond donors (Lipinski definition) is 0. The van der Waals surface area contributed by atoms with Gasteiger partial charge < -0.3 is 4.74 Å². The van der Waals surface area contributed by atoms with Crippen LogP contribution in [0.15, 0.2) is 36.4 Å². The maximum atomic E-state index is 11.9. The first-order chi connectivity index (χ1) is 12.1. The molecule has 4 atom stereocenters. The summed E-state index contributed by atoms with van der Waals surface area (Å²) in [5.74, 6) is 0.902. The van der Waals surface area contributed by atoms with Crippen LogP contribution in [-0.2, 0) is 9.53 Å². The van der Waals surface area contributed by atoms with Crippen LogP contribution in [0.2, 0.25) is 0 Å². The number of fused-ring (bicyclic) bond motifs is 2. The molecule has 0 aliphatic heterocycles. The van der Waals surface area contributed by atoms with Gasteiger partial charge >= 0.3 is 5.97 Å². The van der Waals surface area contributed by atoms with Crippen molar-refractivity contribution in [1.82, 2.24) is 15.0 Å². The van der Waals surface area contributed by atoms with Crippen molar-refractivity contribution >= 4 is 17.0 Å². The highest BCUT2D eigenvalue weighted by Gasteiger charge is 2.41. The summed E-state index contributed by atoms with van der Waals surface area (Å²) >= 11 is 0. The second kappa shape index (κ2) is 6.62. The lowest BCUT2D eigenvalue weighted by molar-refractivity contribution is -0.148. The average Bonchev–Trinajstić information content (AvgIpc) is 3.05. The van der Waals surface area contributed by atoms with E-state index < -0.39 is 0 Å². The van der Waals surface area contributed by atoms with Gasteiger partial charge in [-0.25, -0.2) is 4.79 Å². The third-order valence-electron chi connectivity index (χ3n) is 5.79. The van der Waals surface area contributed by atoms with Gasteiger partial charge in [-0.2, -0.15) is 15.0 Å². The van der Waals surface area contributed by atoms with E-state index in [-0.39, 0.29) is 12.1 Å². The molecule has 2 aliphatic rings. The minimum atomic E-state index is -0.265. The topological polar surface area (TPSA) is 57.0 Å². The molecule has 4 rings (SSSR count). The smallest absolute Gasteiger partial charge is 0.333 e. The number of ether oxygens (including phenoxy) is 1. The van der Waals surface area contributed by atoms with Crippen LogP contribution in [0, 0.1) is 11.8 Å². The minimum Gasteiger partial charge on any atom is -0.459 e. The van der Waals surface area contributed by atoms with E-state index in [1.165, 1.54) is 12.8 Å². The van der Waals surface area contributed by atoms with E-state index in [1.54, 1.807) is 6.92 Å². The molecule has 0 N–H and O–H groups in total. The Balaban J connectivity index is 1.55. The van der Waals surface area contributed by atoms with Gasteiger partial charge in [0.2, 0.25) is 0 Å². The fourth-order valence-corrected chi connectivity index (χ4v) is 4.53. The largest absolute Gasteiger partial charge is 0.459 e. The highest BCUT2D eigenvalue weighted by atomic mass is 16.5. The first kappa shape index (κ1) is 16.3.